The number of ether oxygens (including phenoxy) is 2. The van der Waals surface area contributed by atoms with Gasteiger partial charge >= 0.3 is 0 Å². The van der Waals surface area contributed by atoms with Crippen LogP contribution in [0.3, 0.4) is 0 Å². The highest BCUT2D eigenvalue weighted by Crippen LogP contribution is 2.22. The summed E-state index contributed by atoms with van der Waals surface area (Å²) in [6.45, 7) is 5.59. The van der Waals surface area contributed by atoms with Gasteiger partial charge in [0, 0.05) is 5.33 Å². The van der Waals surface area contributed by atoms with E-state index in [1.165, 1.54) is 0 Å². The van der Waals surface area contributed by atoms with Crippen LogP contribution < -0.4 is 0 Å². The lowest BCUT2D eigenvalue weighted by Crippen LogP contribution is -2.40. The molecule has 0 aliphatic carbocycles. The highest BCUT2D eigenvalue weighted by atomic mass is 79.9. The highest BCUT2D eigenvalue weighted by Gasteiger charge is 2.28. The standard InChI is InChI=1S/C6H9BrO2/c1-4(3-7)6-8-5(2)9-6/h5-6H,1,3H2,2H3. The number of alkyl halides is 1. The summed E-state index contributed by atoms with van der Waals surface area (Å²) in [4.78, 5) is 0. The van der Waals surface area contributed by atoms with Crippen molar-refractivity contribution >= 4 is 15.9 Å². The fourth-order valence-corrected chi connectivity index (χ4v) is 0.878. The van der Waals surface area contributed by atoms with Crippen molar-refractivity contribution < 1.29 is 9.47 Å². The van der Waals surface area contributed by atoms with Gasteiger partial charge < -0.3 is 9.47 Å². The van der Waals surface area contributed by atoms with Gasteiger partial charge in [0.05, 0.1) is 0 Å². The first-order valence-corrected chi connectivity index (χ1v) is 3.90. The average molecular weight is 193 g/mol. The number of hydrogen-bond acceptors (Lipinski definition) is 2. The third kappa shape index (κ3) is 1.53. The lowest BCUT2D eigenvalue weighted by molar-refractivity contribution is -0.358. The number of halogens is 1. The van der Waals surface area contributed by atoms with E-state index in [2.05, 4.69) is 22.5 Å². The predicted octanol–water partition coefficient (Wildman–Crippen LogP) is 1.66. The van der Waals surface area contributed by atoms with E-state index in [-0.39, 0.29) is 12.6 Å². The molecule has 0 saturated carbocycles. The van der Waals surface area contributed by atoms with Crippen LogP contribution in [0.2, 0.25) is 0 Å². The molecule has 52 valence electrons. The first-order valence-electron chi connectivity index (χ1n) is 2.78. The molecule has 1 aliphatic heterocycles. The zero-order valence-corrected chi connectivity index (χ0v) is 6.85. The summed E-state index contributed by atoms with van der Waals surface area (Å²) in [5.41, 5.74) is 0.938. The van der Waals surface area contributed by atoms with E-state index in [4.69, 9.17) is 9.47 Å². The molecular weight excluding hydrogens is 184 g/mol. The topological polar surface area (TPSA) is 18.5 Å². The average Bonchev–Trinajstić information content (AvgIpc) is 1.79. The molecule has 1 fully saturated rings. The molecule has 1 aliphatic rings. The van der Waals surface area contributed by atoms with E-state index in [0.29, 0.717) is 0 Å². The van der Waals surface area contributed by atoms with Gasteiger partial charge in [-0.2, -0.15) is 0 Å². The minimum atomic E-state index is -0.167. The Bertz CT molecular complexity index is 118. The van der Waals surface area contributed by atoms with Crippen molar-refractivity contribution in [1.82, 2.24) is 0 Å². The summed E-state index contributed by atoms with van der Waals surface area (Å²) < 4.78 is 10.3. The summed E-state index contributed by atoms with van der Waals surface area (Å²) >= 11 is 3.25. The predicted molar refractivity (Wildman–Crippen MR) is 38.4 cm³/mol. The van der Waals surface area contributed by atoms with E-state index < -0.39 is 0 Å². The van der Waals surface area contributed by atoms with Crippen LogP contribution in [-0.2, 0) is 9.47 Å². The van der Waals surface area contributed by atoms with Crippen LogP contribution in [0.1, 0.15) is 6.92 Å². The maximum absolute atomic E-state index is 5.14. The molecule has 0 spiro atoms. The minimum Gasteiger partial charge on any atom is -0.320 e. The fraction of sp³-hybridized carbons (Fsp3) is 0.667. The molecule has 9 heavy (non-hydrogen) atoms. The molecular formula is C6H9BrO2. The highest BCUT2D eigenvalue weighted by molar-refractivity contribution is 9.09. The van der Waals surface area contributed by atoms with Gasteiger partial charge in [-0.15, -0.1) is 0 Å². The molecule has 1 rings (SSSR count). The second-order valence-electron chi connectivity index (χ2n) is 1.96. The Hall–Kier alpha value is 0.140. The van der Waals surface area contributed by atoms with E-state index in [9.17, 15) is 0 Å². The van der Waals surface area contributed by atoms with E-state index in [0.717, 1.165) is 10.9 Å². The maximum atomic E-state index is 5.14. The van der Waals surface area contributed by atoms with Crippen LogP contribution in [0.5, 0.6) is 0 Å². The summed E-state index contributed by atoms with van der Waals surface area (Å²) in [5.74, 6) is 0. The molecule has 0 aromatic rings. The zero-order valence-electron chi connectivity index (χ0n) is 5.26. The van der Waals surface area contributed by atoms with Gasteiger partial charge in [-0.05, 0) is 12.5 Å². The van der Waals surface area contributed by atoms with E-state index >= 15 is 0 Å². The van der Waals surface area contributed by atoms with Gasteiger partial charge in [-0.25, -0.2) is 0 Å². The molecule has 0 atom stereocenters. The Morgan fingerprint density at radius 1 is 1.67 bits per heavy atom. The summed E-state index contributed by atoms with van der Waals surface area (Å²) in [5, 5.41) is 0.740. The second-order valence-corrected chi connectivity index (χ2v) is 2.52. The number of rotatable bonds is 2. The molecule has 0 amide bonds. The first-order chi connectivity index (χ1) is 4.24. The van der Waals surface area contributed by atoms with E-state index in [1.807, 2.05) is 6.92 Å². The quantitative estimate of drug-likeness (QED) is 0.490. The third-order valence-corrected chi connectivity index (χ3v) is 1.86. The molecule has 1 saturated heterocycles. The largest absolute Gasteiger partial charge is 0.320 e. The normalized spacial score (nSPS) is 33.6. The van der Waals surface area contributed by atoms with Gasteiger partial charge in [0.2, 0.25) is 0 Å². The molecule has 0 unspecified atom stereocenters. The van der Waals surface area contributed by atoms with E-state index in [1.54, 1.807) is 0 Å². The molecule has 0 N–H and O–H groups in total. The Balaban J connectivity index is 2.23. The second kappa shape index (κ2) is 2.82. The van der Waals surface area contributed by atoms with Gasteiger partial charge in [0.15, 0.2) is 12.6 Å². The lowest BCUT2D eigenvalue weighted by Gasteiger charge is -2.34. The van der Waals surface area contributed by atoms with Gasteiger partial charge in [-0.3, -0.25) is 0 Å². The smallest absolute Gasteiger partial charge is 0.186 e. The fourth-order valence-electron chi connectivity index (χ4n) is 0.614. The van der Waals surface area contributed by atoms with Gasteiger partial charge in [0.1, 0.15) is 0 Å². The van der Waals surface area contributed by atoms with Crippen molar-refractivity contribution in [3.8, 4) is 0 Å². The molecule has 0 aromatic carbocycles. The molecule has 2 nitrogen and oxygen atoms in total. The Morgan fingerprint density at radius 2 is 2.22 bits per heavy atom. The van der Waals surface area contributed by atoms with Crippen molar-refractivity contribution in [3.05, 3.63) is 12.2 Å². The minimum absolute atomic E-state index is 0.0502. The van der Waals surface area contributed by atoms with Crippen molar-refractivity contribution in [2.45, 2.75) is 19.5 Å². The summed E-state index contributed by atoms with van der Waals surface area (Å²) in [6, 6.07) is 0. The van der Waals surface area contributed by atoms with Crippen LogP contribution in [-0.4, -0.2) is 17.9 Å². The van der Waals surface area contributed by atoms with Crippen molar-refractivity contribution in [2.24, 2.45) is 0 Å². The van der Waals surface area contributed by atoms with Crippen LogP contribution in [0.4, 0.5) is 0 Å². The third-order valence-electron chi connectivity index (χ3n) is 1.14. The van der Waals surface area contributed by atoms with Gasteiger partial charge in [-0.1, -0.05) is 22.5 Å². The molecule has 0 aromatic heterocycles. The SMILES string of the molecule is C=C(CBr)C1OC(C)O1. The van der Waals surface area contributed by atoms with Crippen molar-refractivity contribution in [3.63, 3.8) is 0 Å². The molecule has 1 heterocycles. The summed E-state index contributed by atoms with van der Waals surface area (Å²) in [6.07, 6.45) is -0.217. The molecule has 0 radical (unpaired) electrons. The van der Waals surface area contributed by atoms with Crippen LogP contribution >= 0.6 is 15.9 Å². The van der Waals surface area contributed by atoms with Crippen LogP contribution in [0.15, 0.2) is 12.2 Å². The molecule has 0 bridgehead atoms. The van der Waals surface area contributed by atoms with Crippen molar-refractivity contribution in [1.29, 1.82) is 0 Å². The Kier molecular flexibility index (Phi) is 2.27. The summed E-state index contributed by atoms with van der Waals surface area (Å²) in [7, 11) is 0. The lowest BCUT2D eigenvalue weighted by atomic mass is 10.3. The first kappa shape index (κ1) is 7.25. The zero-order chi connectivity index (χ0) is 6.85. The maximum Gasteiger partial charge on any atom is 0.186 e. The Morgan fingerprint density at radius 3 is 2.56 bits per heavy atom. The monoisotopic (exact) mass is 192 g/mol. The number of hydrogen-bond donors (Lipinski definition) is 0. The van der Waals surface area contributed by atoms with Crippen molar-refractivity contribution in [2.75, 3.05) is 5.33 Å². The van der Waals surface area contributed by atoms with Gasteiger partial charge in [0.25, 0.3) is 0 Å². The molecule has 3 heteroatoms. The Labute approximate surface area is 63.0 Å². The van der Waals surface area contributed by atoms with Crippen LogP contribution in [0.25, 0.3) is 0 Å². The van der Waals surface area contributed by atoms with Crippen LogP contribution in [0, 0.1) is 0 Å².